The molecule has 1 amide bonds. The van der Waals surface area contributed by atoms with Crippen molar-refractivity contribution in [1.29, 1.82) is 0 Å². The van der Waals surface area contributed by atoms with Crippen LogP contribution < -0.4 is 5.32 Å². The Labute approximate surface area is 171 Å². The van der Waals surface area contributed by atoms with Gasteiger partial charge in [0.1, 0.15) is 6.54 Å². The number of hydrogen-bond donors (Lipinski definition) is 2. The molecule has 2 aromatic carbocycles. The molecule has 0 fully saturated rings. The molecule has 0 bridgehead atoms. The van der Waals surface area contributed by atoms with Crippen molar-refractivity contribution >= 4 is 34.1 Å². The van der Waals surface area contributed by atoms with E-state index < -0.39 is 0 Å². The highest BCUT2D eigenvalue weighted by atomic mass is 79.9. The van der Waals surface area contributed by atoms with Crippen LogP contribution in [0.15, 0.2) is 53.0 Å². The Morgan fingerprint density at radius 1 is 1.22 bits per heavy atom. The van der Waals surface area contributed by atoms with Crippen molar-refractivity contribution in [2.75, 3.05) is 0 Å². The Hall–Kier alpha value is -2.25. The monoisotopic (exact) mass is 444 g/mol. The van der Waals surface area contributed by atoms with Gasteiger partial charge in [0.15, 0.2) is 10.6 Å². The second-order valence-electron chi connectivity index (χ2n) is 6.38. The van der Waals surface area contributed by atoms with Crippen LogP contribution >= 0.6 is 28.1 Å². The average Bonchev–Trinajstić information content (AvgIpc) is 3.02. The van der Waals surface area contributed by atoms with E-state index in [2.05, 4.69) is 31.4 Å². The van der Waals surface area contributed by atoms with Crippen molar-refractivity contribution in [3.8, 4) is 11.4 Å². The van der Waals surface area contributed by atoms with Crippen molar-refractivity contribution in [3.05, 3.63) is 68.9 Å². The first-order valence-electron chi connectivity index (χ1n) is 8.75. The number of nitrogens with one attached hydrogen (secondary N) is 2. The van der Waals surface area contributed by atoms with Crippen LogP contribution in [-0.2, 0) is 11.3 Å². The van der Waals surface area contributed by atoms with Gasteiger partial charge in [-0.3, -0.25) is 14.5 Å². The number of aromatic amines is 1. The topological polar surface area (TPSA) is 62.7 Å². The molecule has 0 radical (unpaired) electrons. The molecule has 5 nitrogen and oxygen atoms in total. The van der Waals surface area contributed by atoms with Crippen LogP contribution in [0.5, 0.6) is 0 Å². The maximum Gasteiger partial charge on any atom is 0.240 e. The van der Waals surface area contributed by atoms with Crippen LogP contribution in [0.3, 0.4) is 0 Å². The van der Waals surface area contributed by atoms with Gasteiger partial charge in [0, 0.05) is 10.0 Å². The number of H-pyrrole nitrogens is 1. The molecule has 0 saturated heterocycles. The van der Waals surface area contributed by atoms with Gasteiger partial charge in [0.25, 0.3) is 0 Å². The third-order valence-corrected chi connectivity index (χ3v) is 5.23. The standard InChI is InChI=1S/C20H21BrN4OS/c1-3-17(14-8-10-16(21)11-9-14)22-18(26)12-25-19(23-24-20(25)27)15-6-4-13(2)5-7-15/h4-11,17H,3,12H2,1-2H3,(H,22,26)(H,24,27). The van der Waals surface area contributed by atoms with E-state index in [9.17, 15) is 4.79 Å². The van der Waals surface area contributed by atoms with E-state index in [0.717, 1.165) is 27.6 Å². The summed E-state index contributed by atoms with van der Waals surface area (Å²) in [5, 5.41) is 10.2. The van der Waals surface area contributed by atoms with Gasteiger partial charge in [0.05, 0.1) is 6.04 Å². The van der Waals surface area contributed by atoms with E-state index in [4.69, 9.17) is 12.2 Å². The molecular formula is C20H21BrN4OS. The molecule has 1 atom stereocenters. The number of rotatable bonds is 6. The zero-order valence-corrected chi connectivity index (χ0v) is 17.6. The lowest BCUT2D eigenvalue weighted by Gasteiger charge is -2.18. The predicted molar refractivity (Wildman–Crippen MR) is 113 cm³/mol. The molecule has 2 N–H and O–H groups in total. The smallest absolute Gasteiger partial charge is 0.240 e. The highest BCUT2D eigenvalue weighted by Gasteiger charge is 2.16. The second kappa shape index (κ2) is 8.63. The number of nitrogens with zero attached hydrogens (tertiary/aromatic N) is 2. The first kappa shape index (κ1) is 19.5. The lowest BCUT2D eigenvalue weighted by atomic mass is 10.0. The molecule has 27 heavy (non-hydrogen) atoms. The lowest BCUT2D eigenvalue weighted by molar-refractivity contribution is -0.122. The highest BCUT2D eigenvalue weighted by Crippen LogP contribution is 2.21. The van der Waals surface area contributed by atoms with Crippen molar-refractivity contribution in [2.24, 2.45) is 0 Å². The molecule has 140 valence electrons. The number of hydrogen-bond acceptors (Lipinski definition) is 3. The van der Waals surface area contributed by atoms with Gasteiger partial charge >= 0.3 is 0 Å². The van der Waals surface area contributed by atoms with Crippen LogP contribution in [0.4, 0.5) is 0 Å². The summed E-state index contributed by atoms with van der Waals surface area (Å²) in [5.74, 6) is 0.558. The quantitative estimate of drug-likeness (QED) is 0.528. The number of carbonyl (C=O) groups is 1. The van der Waals surface area contributed by atoms with Gasteiger partial charge in [-0.1, -0.05) is 64.8 Å². The summed E-state index contributed by atoms with van der Waals surface area (Å²) in [7, 11) is 0. The molecule has 3 aromatic rings. The molecule has 1 aromatic heterocycles. The summed E-state index contributed by atoms with van der Waals surface area (Å²) < 4.78 is 3.17. The summed E-state index contributed by atoms with van der Waals surface area (Å²) >= 11 is 8.76. The molecule has 0 aliphatic heterocycles. The van der Waals surface area contributed by atoms with Crippen LogP contribution in [-0.4, -0.2) is 20.7 Å². The number of aromatic nitrogens is 3. The Kier molecular flexibility index (Phi) is 6.23. The van der Waals surface area contributed by atoms with E-state index in [1.54, 1.807) is 4.57 Å². The Balaban J connectivity index is 1.78. The van der Waals surface area contributed by atoms with E-state index in [-0.39, 0.29) is 18.5 Å². The third kappa shape index (κ3) is 4.73. The minimum absolute atomic E-state index is 0.0468. The van der Waals surface area contributed by atoms with Crippen molar-refractivity contribution in [1.82, 2.24) is 20.1 Å². The van der Waals surface area contributed by atoms with Crippen molar-refractivity contribution in [2.45, 2.75) is 32.9 Å². The minimum atomic E-state index is -0.101. The number of amides is 1. The first-order chi connectivity index (χ1) is 13.0. The van der Waals surface area contributed by atoms with Gasteiger partial charge in [-0.05, 0) is 43.3 Å². The predicted octanol–water partition coefficient (Wildman–Crippen LogP) is 4.95. The summed E-state index contributed by atoms with van der Waals surface area (Å²) in [6.45, 7) is 4.20. The fourth-order valence-electron chi connectivity index (χ4n) is 2.89. The van der Waals surface area contributed by atoms with Crippen molar-refractivity contribution in [3.63, 3.8) is 0 Å². The summed E-state index contributed by atoms with van der Waals surface area (Å²) in [4.78, 5) is 12.7. The highest BCUT2D eigenvalue weighted by molar-refractivity contribution is 9.10. The zero-order chi connectivity index (χ0) is 19.4. The molecule has 7 heteroatoms. The molecule has 0 aliphatic carbocycles. The summed E-state index contributed by atoms with van der Waals surface area (Å²) in [6.07, 6.45) is 0.801. The normalized spacial score (nSPS) is 12.0. The summed E-state index contributed by atoms with van der Waals surface area (Å²) in [6, 6.07) is 15.9. The molecule has 0 aliphatic rings. The molecule has 1 heterocycles. The van der Waals surface area contributed by atoms with E-state index in [1.165, 1.54) is 0 Å². The fourth-order valence-corrected chi connectivity index (χ4v) is 3.35. The summed E-state index contributed by atoms with van der Waals surface area (Å²) in [5.41, 5.74) is 3.15. The van der Waals surface area contributed by atoms with E-state index in [0.29, 0.717) is 10.6 Å². The molecular weight excluding hydrogens is 424 g/mol. The van der Waals surface area contributed by atoms with Gasteiger partial charge in [-0.2, -0.15) is 5.10 Å². The van der Waals surface area contributed by atoms with E-state index in [1.807, 2.05) is 62.4 Å². The van der Waals surface area contributed by atoms with Crippen LogP contribution in [0, 0.1) is 11.7 Å². The second-order valence-corrected chi connectivity index (χ2v) is 7.69. The number of halogens is 1. The Bertz CT molecular complexity index is 976. The van der Waals surface area contributed by atoms with E-state index >= 15 is 0 Å². The molecule has 0 saturated carbocycles. The average molecular weight is 445 g/mol. The van der Waals surface area contributed by atoms with Crippen LogP contribution in [0.1, 0.15) is 30.5 Å². The zero-order valence-electron chi connectivity index (χ0n) is 15.2. The number of aryl methyl sites for hydroxylation is 1. The van der Waals surface area contributed by atoms with Crippen molar-refractivity contribution < 1.29 is 4.79 Å². The first-order valence-corrected chi connectivity index (χ1v) is 9.95. The Morgan fingerprint density at radius 2 is 1.89 bits per heavy atom. The maximum absolute atomic E-state index is 12.7. The van der Waals surface area contributed by atoms with Gasteiger partial charge < -0.3 is 5.32 Å². The van der Waals surface area contributed by atoms with Gasteiger partial charge in [-0.15, -0.1) is 0 Å². The third-order valence-electron chi connectivity index (χ3n) is 4.39. The van der Waals surface area contributed by atoms with Crippen LogP contribution in [0.2, 0.25) is 0 Å². The fraction of sp³-hybridized carbons (Fsp3) is 0.250. The minimum Gasteiger partial charge on any atom is -0.348 e. The molecule has 3 rings (SSSR count). The maximum atomic E-state index is 12.7. The van der Waals surface area contributed by atoms with Gasteiger partial charge in [0.2, 0.25) is 5.91 Å². The lowest BCUT2D eigenvalue weighted by Crippen LogP contribution is -2.31. The SMILES string of the molecule is CCC(NC(=O)Cn1c(-c2ccc(C)cc2)n[nH]c1=S)c1ccc(Br)cc1. The molecule has 0 spiro atoms. The largest absolute Gasteiger partial charge is 0.348 e. The molecule has 1 unspecified atom stereocenters. The van der Waals surface area contributed by atoms with Crippen LogP contribution in [0.25, 0.3) is 11.4 Å². The van der Waals surface area contributed by atoms with Gasteiger partial charge in [-0.25, -0.2) is 0 Å². The number of benzene rings is 2. The number of carbonyl (C=O) groups excluding carboxylic acids is 1. The Morgan fingerprint density at radius 3 is 2.52 bits per heavy atom.